The van der Waals surface area contributed by atoms with Crippen molar-refractivity contribution in [3.05, 3.63) is 0 Å². The van der Waals surface area contributed by atoms with E-state index in [1.807, 2.05) is 0 Å². The first-order chi connectivity index (χ1) is 18.3. The third-order valence-electron chi connectivity index (χ3n) is 10.3. The minimum Gasteiger partial charge on any atom is -0.379 e. The van der Waals surface area contributed by atoms with Gasteiger partial charge in [-0.05, 0) is 76.0 Å². The fourth-order valence-corrected chi connectivity index (χ4v) is 8.98. The van der Waals surface area contributed by atoms with E-state index in [2.05, 4.69) is 34.3 Å². The molecule has 0 spiro atoms. The van der Waals surface area contributed by atoms with Crippen molar-refractivity contribution in [1.82, 2.24) is 20.4 Å². The quantitative estimate of drug-likeness (QED) is 0.478. The van der Waals surface area contributed by atoms with E-state index in [-0.39, 0.29) is 34.5 Å². The molecule has 0 aromatic heterocycles. The highest BCUT2D eigenvalue weighted by Gasteiger charge is 2.48. The minimum absolute atomic E-state index is 0.0239. The number of morpholine rings is 1. The van der Waals surface area contributed by atoms with Crippen LogP contribution in [0.2, 0.25) is 0 Å². The molecule has 3 saturated heterocycles. The van der Waals surface area contributed by atoms with Crippen LogP contribution in [0.1, 0.15) is 65.2 Å². The van der Waals surface area contributed by atoms with E-state index in [0.717, 1.165) is 84.5 Å². The third-order valence-corrected chi connectivity index (χ3v) is 11.0. The Bertz CT molecular complexity index is 818. The zero-order valence-corrected chi connectivity index (χ0v) is 24.8. The molecular formula is C29H48Cl2N4O3. The zero-order valence-electron chi connectivity index (χ0n) is 23.3. The Kier molecular flexibility index (Phi) is 9.84. The van der Waals surface area contributed by atoms with Gasteiger partial charge in [0.25, 0.3) is 0 Å². The maximum atomic E-state index is 14.2. The molecule has 216 valence electrons. The fraction of sp³-hybridized carbons (Fsp3) is 0.931. The number of hydrogen-bond donors (Lipinski definition) is 2. The van der Waals surface area contributed by atoms with Gasteiger partial charge in [0.05, 0.1) is 13.2 Å². The molecule has 2 N–H and O–H groups in total. The van der Waals surface area contributed by atoms with Gasteiger partial charge in [-0.25, -0.2) is 0 Å². The largest absolute Gasteiger partial charge is 0.379 e. The highest BCUT2D eigenvalue weighted by molar-refractivity contribution is 6.24. The number of ether oxygens (including phenoxy) is 1. The van der Waals surface area contributed by atoms with Crippen LogP contribution in [0.3, 0.4) is 0 Å². The molecule has 9 unspecified atom stereocenters. The van der Waals surface area contributed by atoms with E-state index in [0.29, 0.717) is 48.6 Å². The van der Waals surface area contributed by atoms with Crippen molar-refractivity contribution in [2.75, 3.05) is 45.9 Å². The molecule has 5 aliphatic rings. The lowest BCUT2D eigenvalue weighted by atomic mass is 9.65. The first-order valence-electron chi connectivity index (χ1n) is 15.2. The Morgan fingerprint density at radius 3 is 2.47 bits per heavy atom. The van der Waals surface area contributed by atoms with Gasteiger partial charge in [-0.2, -0.15) is 0 Å². The van der Waals surface area contributed by atoms with E-state index in [1.54, 1.807) is 0 Å². The van der Waals surface area contributed by atoms with Crippen LogP contribution in [0.4, 0.5) is 0 Å². The summed E-state index contributed by atoms with van der Waals surface area (Å²) in [7, 11) is 0. The molecule has 0 radical (unpaired) electrons. The van der Waals surface area contributed by atoms with Crippen molar-refractivity contribution in [3.8, 4) is 0 Å². The van der Waals surface area contributed by atoms with Gasteiger partial charge in [0.2, 0.25) is 11.8 Å². The van der Waals surface area contributed by atoms with E-state index in [9.17, 15) is 9.59 Å². The summed E-state index contributed by atoms with van der Waals surface area (Å²) in [6.07, 6.45) is 7.12. The molecule has 5 fully saturated rings. The summed E-state index contributed by atoms with van der Waals surface area (Å²) in [4.78, 5) is 32.1. The Balaban J connectivity index is 1.25. The number of nitrogens with one attached hydrogen (secondary N) is 2. The van der Waals surface area contributed by atoms with Crippen molar-refractivity contribution in [3.63, 3.8) is 0 Å². The molecule has 5 rings (SSSR count). The Morgan fingerprint density at radius 1 is 1.00 bits per heavy atom. The molecule has 0 bridgehead atoms. The van der Waals surface area contributed by atoms with Gasteiger partial charge in [0.15, 0.2) is 0 Å². The second-order valence-corrected chi connectivity index (χ2v) is 14.2. The van der Waals surface area contributed by atoms with Gasteiger partial charge >= 0.3 is 0 Å². The Hall–Kier alpha value is -0.600. The molecule has 38 heavy (non-hydrogen) atoms. The molecule has 2 saturated carbocycles. The SMILES string of the molecule is CC1CC2C(CN1)CC(C1CC(NC(=O)C3CC(Cl)CC(Cl)C3)CCC1C)C(=O)N2CCN1CCOCC1. The number of nitrogens with zero attached hydrogens (tertiary/aromatic N) is 2. The first-order valence-corrected chi connectivity index (χ1v) is 16.1. The molecule has 2 aliphatic carbocycles. The van der Waals surface area contributed by atoms with Crippen LogP contribution >= 0.6 is 23.2 Å². The molecule has 7 nitrogen and oxygen atoms in total. The van der Waals surface area contributed by atoms with E-state index in [1.165, 1.54) is 0 Å². The second-order valence-electron chi connectivity index (χ2n) is 13.0. The lowest BCUT2D eigenvalue weighted by Crippen LogP contribution is -2.62. The number of alkyl halides is 2. The molecule has 2 amide bonds. The van der Waals surface area contributed by atoms with Gasteiger partial charge in [0.1, 0.15) is 0 Å². The molecule has 3 aliphatic heterocycles. The molecular weight excluding hydrogens is 523 g/mol. The average Bonchev–Trinajstić information content (AvgIpc) is 2.89. The van der Waals surface area contributed by atoms with Gasteiger partial charge in [-0.1, -0.05) is 6.92 Å². The van der Waals surface area contributed by atoms with E-state index >= 15 is 0 Å². The van der Waals surface area contributed by atoms with Crippen LogP contribution < -0.4 is 10.6 Å². The Labute approximate surface area is 239 Å². The first kappa shape index (κ1) is 28.9. The van der Waals surface area contributed by atoms with Crippen molar-refractivity contribution in [1.29, 1.82) is 0 Å². The van der Waals surface area contributed by atoms with Crippen molar-refractivity contribution in [2.24, 2.45) is 29.6 Å². The maximum Gasteiger partial charge on any atom is 0.226 e. The minimum atomic E-state index is -0.102. The van der Waals surface area contributed by atoms with Crippen molar-refractivity contribution < 1.29 is 14.3 Å². The van der Waals surface area contributed by atoms with Crippen LogP contribution in [0.15, 0.2) is 0 Å². The number of amides is 2. The summed E-state index contributed by atoms with van der Waals surface area (Å²) in [5, 5.41) is 7.01. The number of carbonyl (C=O) groups is 2. The summed E-state index contributed by atoms with van der Waals surface area (Å²) >= 11 is 12.8. The summed E-state index contributed by atoms with van der Waals surface area (Å²) in [6.45, 7) is 10.8. The van der Waals surface area contributed by atoms with Gasteiger partial charge in [0, 0.05) is 73.4 Å². The van der Waals surface area contributed by atoms with Gasteiger partial charge in [-0.3, -0.25) is 14.5 Å². The zero-order chi connectivity index (χ0) is 26.8. The molecule has 9 atom stereocenters. The van der Waals surface area contributed by atoms with Gasteiger partial charge in [-0.15, -0.1) is 23.2 Å². The monoisotopic (exact) mass is 570 g/mol. The lowest BCUT2D eigenvalue weighted by molar-refractivity contribution is -0.151. The van der Waals surface area contributed by atoms with Crippen LogP contribution in [0.25, 0.3) is 0 Å². The van der Waals surface area contributed by atoms with Crippen LogP contribution in [0.5, 0.6) is 0 Å². The topological polar surface area (TPSA) is 73.9 Å². The number of halogens is 2. The number of piperidine rings is 2. The fourth-order valence-electron chi connectivity index (χ4n) is 8.03. The maximum absolute atomic E-state index is 14.2. The van der Waals surface area contributed by atoms with Gasteiger partial charge < -0.3 is 20.3 Å². The second kappa shape index (κ2) is 12.9. The highest BCUT2D eigenvalue weighted by atomic mass is 35.5. The predicted molar refractivity (Wildman–Crippen MR) is 151 cm³/mol. The summed E-state index contributed by atoms with van der Waals surface area (Å²) in [5.74, 6) is 1.70. The van der Waals surface area contributed by atoms with E-state index < -0.39 is 0 Å². The third kappa shape index (κ3) is 6.82. The van der Waals surface area contributed by atoms with Crippen LogP contribution in [-0.4, -0.2) is 96.4 Å². The lowest BCUT2D eigenvalue weighted by Gasteiger charge is -2.52. The normalized spacial score (nSPS) is 42.9. The predicted octanol–water partition coefficient (Wildman–Crippen LogP) is 3.47. The van der Waals surface area contributed by atoms with Crippen LogP contribution in [-0.2, 0) is 14.3 Å². The number of hydrogen-bond acceptors (Lipinski definition) is 5. The standard InChI is InChI=1S/C29H48Cl2N4O3/c1-18-3-4-24(33-28(36)20-12-22(30)15-23(31)13-20)16-25(18)26-14-21-17-32-19(2)11-27(21)35(29(26)37)6-5-34-7-9-38-10-8-34/h18-27,32H,3-17H2,1-2H3,(H,33,36). The number of rotatable bonds is 6. The highest BCUT2D eigenvalue weighted by Crippen LogP contribution is 2.44. The molecule has 9 heteroatoms. The molecule has 0 aromatic rings. The molecule has 3 heterocycles. The van der Waals surface area contributed by atoms with Crippen LogP contribution in [0, 0.1) is 29.6 Å². The number of likely N-dealkylation sites (tertiary alicyclic amines) is 1. The summed E-state index contributed by atoms with van der Waals surface area (Å²) in [5.41, 5.74) is 0. The summed E-state index contributed by atoms with van der Waals surface area (Å²) < 4.78 is 5.53. The van der Waals surface area contributed by atoms with Crippen molar-refractivity contribution >= 4 is 35.0 Å². The smallest absolute Gasteiger partial charge is 0.226 e. The van der Waals surface area contributed by atoms with E-state index in [4.69, 9.17) is 27.9 Å². The molecule has 0 aromatic carbocycles. The number of carbonyl (C=O) groups excluding carboxylic acids is 2. The number of fused-ring (bicyclic) bond motifs is 1. The summed E-state index contributed by atoms with van der Waals surface area (Å²) in [6, 6.07) is 0.911. The average molecular weight is 572 g/mol. The van der Waals surface area contributed by atoms with Crippen molar-refractivity contribution in [2.45, 2.75) is 94.1 Å². The Morgan fingerprint density at radius 2 is 1.74 bits per heavy atom.